The Labute approximate surface area is 489 Å². The van der Waals surface area contributed by atoms with Gasteiger partial charge in [-0.1, -0.05) is 367 Å². The summed E-state index contributed by atoms with van der Waals surface area (Å²) in [6, 6.07) is -0.797. The Hall–Kier alpha value is -0.500. The van der Waals surface area contributed by atoms with Gasteiger partial charge in [-0.15, -0.1) is 0 Å². The number of amides is 1. The predicted octanol–water partition coefficient (Wildman–Crippen LogP) is 21.7. The Morgan fingerprint density at radius 3 is 0.872 bits per heavy atom. The zero-order valence-corrected chi connectivity index (χ0v) is 54.6. The van der Waals surface area contributed by atoms with Crippen LogP contribution in [0.1, 0.15) is 386 Å². The number of nitrogens with one attached hydrogen (secondary N) is 1. The molecule has 468 valence electrons. The van der Waals surface area contributed by atoms with Gasteiger partial charge in [-0.05, 0) is 12.8 Å². The number of carbonyl (C=O) groups is 1. The van der Waals surface area contributed by atoms with E-state index in [1.54, 1.807) is 0 Å². The average molecular weight is 1130 g/mol. The summed E-state index contributed by atoms with van der Waals surface area (Å²) in [4.78, 5) is 25.7. The van der Waals surface area contributed by atoms with Gasteiger partial charge in [-0.3, -0.25) is 9.36 Å². The summed E-state index contributed by atoms with van der Waals surface area (Å²) in [6.07, 6.45) is 76.1. The maximum Gasteiger partial charge on any atom is 0.268 e. The Kier molecular flexibility index (Phi) is 60.7. The quantitative estimate of drug-likeness (QED) is 0.0357. The maximum absolute atomic E-state index is 13.1. The van der Waals surface area contributed by atoms with Crippen LogP contribution in [0.4, 0.5) is 0 Å². The number of carbonyl (C=O) groups excluding carboxylic acids is 1. The highest BCUT2D eigenvalue weighted by molar-refractivity contribution is 7.45. The molecular weight excluding hydrogens is 984 g/mol. The highest BCUT2D eigenvalue weighted by atomic mass is 31.2. The van der Waals surface area contributed by atoms with Crippen LogP contribution in [0.3, 0.4) is 0 Å². The van der Waals surface area contributed by atoms with Crippen molar-refractivity contribution in [2.45, 2.75) is 398 Å². The average Bonchev–Trinajstić information content (AvgIpc) is 3.41. The van der Waals surface area contributed by atoms with E-state index in [9.17, 15) is 19.4 Å². The molecule has 0 aromatic heterocycles. The van der Waals surface area contributed by atoms with Gasteiger partial charge < -0.3 is 28.8 Å². The molecule has 0 rings (SSSR count). The first-order valence-electron chi connectivity index (χ1n) is 35.4. The molecule has 0 saturated carbocycles. The second-order valence-electron chi connectivity index (χ2n) is 26.0. The van der Waals surface area contributed by atoms with Crippen LogP contribution in [0.5, 0.6) is 0 Å². The zero-order chi connectivity index (χ0) is 57.0. The molecule has 0 radical (unpaired) electrons. The minimum absolute atomic E-state index is 0.0170. The van der Waals surface area contributed by atoms with Gasteiger partial charge in [0.25, 0.3) is 7.82 Å². The van der Waals surface area contributed by atoms with Gasteiger partial charge in [0.05, 0.1) is 39.9 Å². The van der Waals surface area contributed by atoms with Crippen molar-refractivity contribution < 1.29 is 32.9 Å². The van der Waals surface area contributed by atoms with Crippen molar-refractivity contribution in [3.05, 3.63) is 0 Å². The third-order valence-electron chi connectivity index (χ3n) is 16.8. The minimum atomic E-state index is -4.57. The van der Waals surface area contributed by atoms with E-state index in [0.29, 0.717) is 23.9 Å². The monoisotopic (exact) mass is 1130 g/mol. The fourth-order valence-corrected chi connectivity index (χ4v) is 12.1. The molecule has 8 nitrogen and oxygen atoms in total. The lowest BCUT2D eigenvalue weighted by Gasteiger charge is -2.30. The molecule has 2 N–H and O–H groups in total. The molecule has 0 bridgehead atoms. The number of phosphoric acid groups is 1. The first-order chi connectivity index (χ1) is 38.0. The van der Waals surface area contributed by atoms with Crippen LogP contribution in [0.2, 0.25) is 0 Å². The number of hydrogen-bond donors (Lipinski definition) is 2. The van der Waals surface area contributed by atoms with Crippen LogP contribution < -0.4 is 10.2 Å². The van der Waals surface area contributed by atoms with Crippen LogP contribution >= 0.6 is 7.82 Å². The van der Waals surface area contributed by atoms with E-state index in [-0.39, 0.29) is 19.1 Å². The largest absolute Gasteiger partial charge is 0.756 e. The number of rotatable bonds is 67. The molecule has 3 unspecified atom stereocenters. The van der Waals surface area contributed by atoms with Gasteiger partial charge in [-0.25, -0.2) is 0 Å². The van der Waals surface area contributed by atoms with Gasteiger partial charge in [0, 0.05) is 6.42 Å². The van der Waals surface area contributed by atoms with E-state index >= 15 is 0 Å². The Bertz CT molecular complexity index is 1230. The minimum Gasteiger partial charge on any atom is -0.756 e. The molecule has 3 atom stereocenters. The Morgan fingerprint density at radius 2 is 0.628 bits per heavy atom. The first kappa shape index (κ1) is 77.5. The van der Waals surface area contributed by atoms with Gasteiger partial charge in [0.2, 0.25) is 5.91 Å². The molecule has 9 heteroatoms. The highest BCUT2D eigenvalue weighted by Crippen LogP contribution is 2.38. The van der Waals surface area contributed by atoms with E-state index in [0.717, 1.165) is 38.5 Å². The summed E-state index contributed by atoms with van der Waals surface area (Å²) in [5.74, 6) is -0.153. The second kappa shape index (κ2) is 61.1. The summed E-state index contributed by atoms with van der Waals surface area (Å²) in [5.41, 5.74) is 0. The smallest absolute Gasteiger partial charge is 0.268 e. The zero-order valence-electron chi connectivity index (χ0n) is 53.7. The predicted molar refractivity (Wildman–Crippen MR) is 339 cm³/mol. The molecule has 0 spiro atoms. The highest BCUT2D eigenvalue weighted by Gasteiger charge is 2.24. The van der Waals surface area contributed by atoms with Crippen molar-refractivity contribution in [2.75, 3.05) is 40.9 Å². The number of unbranched alkanes of at least 4 members (excludes halogenated alkanes) is 54. The Balaban J connectivity index is 3.97. The van der Waals surface area contributed by atoms with E-state index in [1.807, 2.05) is 21.1 Å². The van der Waals surface area contributed by atoms with Crippen LogP contribution in [-0.4, -0.2) is 68.5 Å². The van der Waals surface area contributed by atoms with Gasteiger partial charge in [-0.2, -0.15) is 0 Å². The number of quaternary nitrogens is 1. The van der Waals surface area contributed by atoms with Crippen molar-refractivity contribution >= 4 is 13.7 Å². The molecule has 1 amide bonds. The lowest BCUT2D eigenvalue weighted by molar-refractivity contribution is -0.870. The molecule has 0 aliphatic rings. The number of likely N-dealkylation sites (N-methyl/N-ethyl adjacent to an activating group) is 1. The van der Waals surface area contributed by atoms with Crippen molar-refractivity contribution in [2.24, 2.45) is 0 Å². The third-order valence-corrected chi connectivity index (χ3v) is 17.8. The molecule has 78 heavy (non-hydrogen) atoms. The third kappa shape index (κ3) is 63.1. The summed E-state index contributed by atoms with van der Waals surface area (Å²) < 4.78 is 23.5. The van der Waals surface area contributed by atoms with Crippen molar-refractivity contribution in [3.8, 4) is 0 Å². The van der Waals surface area contributed by atoms with Crippen molar-refractivity contribution in [1.82, 2.24) is 5.32 Å². The van der Waals surface area contributed by atoms with Gasteiger partial charge in [0.15, 0.2) is 0 Å². The molecule has 0 aromatic rings. The Morgan fingerprint density at radius 1 is 0.397 bits per heavy atom. The van der Waals surface area contributed by atoms with Crippen molar-refractivity contribution in [3.63, 3.8) is 0 Å². The SMILES string of the molecule is CCCCCCCCCCCCCCCCCCCCCCCCCCCCCCCCCC(=O)NC(COP(=O)([O-])OCC[N+](C)(C)C)C(O)CCCCCCCCCCCCCCCCCCCCCCCCCCC. The van der Waals surface area contributed by atoms with Gasteiger partial charge in [0.1, 0.15) is 13.2 Å². The first-order valence-corrected chi connectivity index (χ1v) is 36.8. The van der Waals surface area contributed by atoms with E-state index in [1.165, 1.54) is 321 Å². The molecular formula is C69H141N2O6P. The summed E-state index contributed by atoms with van der Waals surface area (Å²) >= 11 is 0. The lowest BCUT2D eigenvalue weighted by atomic mass is 10.0. The molecule has 0 aromatic carbocycles. The van der Waals surface area contributed by atoms with E-state index < -0.39 is 20.0 Å². The van der Waals surface area contributed by atoms with Crippen LogP contribution in [0.15, 0.2) is 0 Å². The summed E-state index contributed by atoms with van der Waals surface area (Å²) in [5, 5.41) is 14.1. The fraction of sp³-hybridized carbons (Fsp3) is 0.986. The number of nitrogens with zero attached hydrogens (tertiary/aromatic N) is 1. The molecule has 0 aliphatic carbocycles. The van der Waals surface area contributed by atoms with Crippen molar-refractivity contribution in [1.29, 1.82) is 0 Å². The number of hydrogen-bond acceptors (Lipinski definition) is 6. The fourth-order valence-electron chi connectivity index (χ4n) is 11.3. The maximum atomic E-state index is 13.1. The standard InChI is InChI=1S/C69H141N2O6P/c1-6-8-10-12-14-16-18-20-22-24-26-28-30-32-33-34-35-36-37-39-41-43-45-47-49-51-53-55-57-59-61-63-69(73)70-67(66-77-78(74,75)76-65-64-71(3,4)5)68(72)62-60-58-56-54-52-50-48-46-44-42-40-38-31-29-27-25-23-21-19-17-15-13-11-9-7-2/h67-68,72H,6-66H2,1-5H3,(H-,70,73,74,75). The van der Waals surface area contributed by atoms with Crippen LogP contribution in [-0.2, 0) is 18.4 Å². The second-order valence-corrected chi connectivity index (χ2v) is 27.4. The molecule has 0 aliphatic heterocycles. The molecule has 0 heterocycles. The lowest BCUT2D eigenvalue weighted by Crippen LogP contribution is -2.46. The number of aliphatic hydroxyl groups excluding tert-OH is 1. The van der Waals surface area contributed by atoms with Gasteiger partial charge >= 0.3 is 0 Å². The van der Waals surface area contributed by atoms with Crippen LogP contribution in [0.25, 0.3) is 0 Å². The number of aliphatic hydroxyl groups is 1. The molecule has 0 fully saturated rings. The topological polar surface area (TPSA) is 108 Å². The summed E-state index contributed by atoms with van der Waals surface area (Å²) in [7, 11) is 1.33. The normalized spacial score (nSPS) is 13.6. The molecule has 0 saturated heterocycles. The van der Waals surface area contributed by atoms with Crippen LogP contribution in [0, 0.1) is 0 Å². The summed E-state index contributed by atoms with van der Waals surface area (Å²) in [6.45, 7) is 4.80. The van der Waals surface area contributed by atoms with E-state index in [4.69, 9.17) is 9.05 Å². The van der Waals surface area contributed by atoms with E-state index in [2.05, 4.69) is 19.2 Å². The number of phosphoric ester groups is 1.